The lowest BCUT2D eigenvalue weighted by atomic mass is 9.86. The van der Waals surface area contributed by atoms with E-state index < -0.39 is 0 Å². The molecular weight excluding hydrogens is 262 g/mol. The Balaban J connectivity index is 2.52. The summed E-state index contributed by atoms with van der Waals surface area (Å²) in [5.74, 6) is 0.940. The Labute approximate surface area is 129 Å². The van der Waals surface area contributed by atoms with Crippen LogP contribution in [0, 0.1) is 6.92 Å². The number of aliphatic hydroxyl groups is 1. The molecule has 0 fully saturated rings. The van der Waals surface area contributed by atoms with Crippen LogP contribution in [0.5, 0.6) is 5.75 Å². The smallest absolute Gasteiger partial charge is 0.122 e. The zero-order valence-corrected chi connectivity index (χ0v) is 14.2. The SMILES string of the molecule is CCCNC(CO)CCOc1ccc(C(C)(C)C)cc1C. The summed E-state index contributed by atoms with van der Waals surface area (Å²) < 4.78 is 5.87. The highest BCUT2D eigenvalue weighted by molar-refractivity contribution is 5.38. The Bertz CT molecular complexity index is 424. The molecular formula is C18H31NO2. The van der Waals surface area contributed by atoms with Crippen LogP contribution in [0.15, 0.2) is 18.2 Å². The Morgan fingerprint density at radius 3 is 2.52 bits per heavy atom. The summed E-state index contributed by atoms with van der Waals surface area (Å²) in [6, 6.07) is 6.53. The van der Waals surface area contributed by atoms with Gasteiger partial charge in [0.2, 0.25) is 0 Å². The van der Waals surface area contributed by atoms with E-state index in [0.717, 1.165) is 25.1 Å². The minimum absolute atomic E-state index is 0.124. The van der Waals surface area contributed by atoms with E-state index in [9.17, 15) is 5.11 Å². The molecule has 0 aliphatic heterocycles. The summed E-state index contributed by atoms with van der Waals surface area (Å²) in [7, 11) is 0. The van der Waals surface area contributed by atoms with Crippen molar-refractivity contribution in [3.63, 3.8) is 0 Å². The van der Waals surface area contributed by atoms with Gasteiger partial charge in [-0.25, -0.2) is 0 Å². The minimum atomic E-state index is 0.124. The molecule has 0 radical (unpaired) electrons. The first-order chi connectivity index (χ1) is 9.88. The van der Waals surface area contributed by atoms with Crippen molar-refractivity contribution >= 4 is 0 Å². The van der Waals surface area contributed by atoms with Gasteiger partial charge in [0.1, 0.15) is 5.75 Å². The van der Waals surface area contributed by atoms with Crippen LogP contribution in [0.1, 0.15) is 51.7 Å². The molecule has 0 aromatic heterocycles. The largest absolute Gasteiger partial charge is 0.493 e. The second-order valence-corrected chi connectivity index (χ2v) is 6.70. The highest BCUT2D eigenvalue weighted by Crippen LogP contribution is 2.27. The quantitative estimate of drug-likeness (QED) is 0.771. The van der Waals surface area contributed by atoms with Gasteiger partial charge in [-0.1, -0.05) is 39.8 Å². The molecule has 0 heterocycles. The number of hydrogen-bond donors (Lipinski definition) is 2. The van der Waals surface area contributed by atoms with Crippen LogP contribution >= 0.6 is 0 Å². The third-order valence-corrected chi connectivity index (χ3v) is 3.67. The van der Waals surface area contributed by atoms with Gasteiger partial charge >= 0.3 is 0 Å². The number of aliphatic hydroxyl groups excluding tert-OH is 1. The third-order valence-electron chi connectivity index (χ3n) is 3.67. The Morgan fingerprint density at radius 2 is 2.00 bits per heavy atom. The molecule has 3 nitrogen and oxygen atoms in total. The first-order valence-corrected chi connectivity index (χ1v) is 7.96. The van der Waals surface area contributed by atoms with Crippen molar-refractivity contribution in [2.75, 3.05) is 19.8 Å². The van der Waals surface area contributed by atoms with E-state index in [0.29, 0.717) is 6.61 Å². The molecule has 1 rings (SSSR count). The van der Waals surface area contributed by atoms with Crippen molar-refractivity contribution in [2.24, 2.45) is 0 Å². The van der Waals surface area contributed by atoms with E-state index in [1.807, 2.05) is 0 Å². The second-order valence-electron chi connectivity index (χ2n) is 6.70. The summed E-state index contributed by atoms with van der Waals surface area (Å²) in [4.78, 5) is 0. The van der Waals surface area contributed by atoms with Crippen molar-refractivity contribution in [3.8, 4) is 5.75 Å². The molecule has 1 aromatic carbocycles. The summed E-state index contributed by atoms with van der Waals surface area (Å²) >= 11 is 0. The molecule has 0 aliphatic carbocycles. The van der Waals surface area contributed by atoms with Gasteiger partial charge < -0.3 is 15.2 Å². The van der Waals surface area contributed by atoms with Crippen molar-refractivity contribution in [1.82, 2.24) is 5.32 Å². The first-order valence-electron chi connectivity index (χ1n) is 7.96. The van der Waals surface area contributed by atoms with Gasteiger partial charge in [-0.3, -0.25) is 0 Å². The van der Waals surface area contributed by atoms with Crippen LogP contribution in [0.3, 0.4) is 0 Å². The van der Waals surface area contributed by atoms with Gasteiger partial charge in [0.05, 0.1) is 13.2 Å². The molecule has 0 saturated carbocycles. The van der Waals surface area contributed by atoms with Crippen molar-refractivity contribution in [3.05, 3.63) is 29.3 Å². The molecule has 1 unspecified atom stereocenters. The van der Waals surface area contributed by atoms with E-state index in [1.54, 1.807) is 0 Å². The molecule has 1 atom stereocenters. The highest BCUT2D eigenvalue weighted by Gasteiger charge is 2.15. The van der Waals surface area contributed by atoms with Crippen LogP contribution in [-0.2, 0) is 5.41 Å². The fraction of sp³-hybridized carbons (Fsp3) is 0.667. The highest BCUT2D eigenvalue weighted by atomic mass is 16.5. The third kappa shape index (κ3) is 6.06. The molecule has 3 heteroatoms. The van der Waals surface area contributed by atoms with Crippen LogP contribution in [-0.4, -0.2) is 30.9 Å². The summed E-state index contributed by atoms with van der Waals surface area (Å²) in [6.45, 7) is 12.6. The van der Waals surface area contributed by atoms with Crippen LogP contribution in [0.2, 0.25) is 0 Å². The van der Waals surface area contributed by atoms with Gasteiger partial charge in [-0.05, 0) is 48.9 Å². The van der Waals surface area contributed by atoms with E-state index in [4.69, 9.17) is 4.74 Å². The fourth-order valence-electron chi connectivity index (χ4n) is 2.20. The molecule has 1 aromatic rings. The maximum atomic E-state index is 9.31. The normalized spacial score (nSPS) is 13.2. The molecule has 0 aliphatic rings. The predicted octanol–water partition coefficient (Wildman–Crippen LogP) is 3.42. The number of benzene rings is 1. The minimum Gasteiger partial charge on any atom is -0.493 e. The van der Waals surface area contributed by atoms with Crippen molar-refractivity contribution in [2.45, 2.75) is 58.9 Å². The lowest BCUT2D eigenvalue weighted by Crippen LogP contribution is -2.34. The van der Waals surface area contributed by atoms with Crippen LogP contribution in [0.4, 0.5) is 0 Å². The summed E-state index contributed by atoms with van der Waals surface area (Å²) in [5, 5.41) is 12.6. The molecule has 21 heavy (non-hydrogen) atoms. The Hall–Kier alpha value is -1.06. The van der Waals surface area contributed by atoms with Gasteiger partial charge in [0.15, 0.2) is 0 Å². The number of ether oxygens (including phenoxy) is 1. The van der Waals surface area contributed by atoms with Gasteiger partial charge in [0.25, 0.3) is 0 Å². The summed E-state index contributed by atoms with van der Waals surface area (Å²) in [5.41, 5.74) is 2.66. The fourth-order valence-corrected chi connectivity index (χ4v) is 2.20. The molecule has 0 bridgehead atoms. The average Bonchev–Trinajstić information content (AvgIpc) is 2.43. The number of hydrogen-bond acceptors (Lipinski definition) is 3. The van der Waals surface area contributed by atoms with E-state index >= 15 is 0 Å². The zero-order chi connectivity index (χ0) is 15.9. The maximum Gasteiger partial charge on any atom is 0.122 e. The first kappa shape index (κ1) is 18.0. The average molecular weight is 293 g/mol. The number of aryl methyl sites for hydroxylation is 1. The Kier molecular flexibility index (Phi) is 7.20. The zero-order valence-electron chi connectivity index (χ0n) is 14.2. The van der Waals surface area contributed by atoms with Crippen LogP contribution in [0.25, 0.3) is 0 Å². The van der Waals surface area contributed by atoms with E-state index in [1.165, 1.54) is 11.1 Å². The Morgan fingerprint density at radius 1 is 1.29 bits per heavy atom. The van der Waals surface area contributed by atoms with Gasteiger partial charge in [0, 0.05) is 6.04 Å². The summed E-state index contributed by atoms with van der Waals surface area (Å²) in [6.07, 6.45) is 1.89. The monoisotopic (exact) mass is 293 g/mol. The molecule has 2 N–H and O–H groups in total. The van der Waals surface area contributed by atoms with Crippen LogP contribution < -0.4 is 10.1 Å². The van der Waals surface area contributed by atoms with E-state index in [-0.39, 0.29) is 18.1 Å². The van der Waals surface area contributed by atoms with Crippen molar-refractivity contribution < 1.29 is 9.84 Å². The lowest BCUT2D eigenvalue weighted by Gasteiger charge is -2.21. The molecule has 0 amide bonds. The second kappa shape index (κ2) is 8.40. The van der Waals surface area contributed by atoms with Gasteiger partial charge in [-0.15, -0.1) is 0 Å². The number of nitrogens with one attached hydrogen (secondary N) is 1. The number of rotatable bonds is 8. The van der Waals surface area contributed by atoms with Gasteiger partial charge in [-0.2, -0.15) is 0 Å². The molecule has 0 saturated heterocycles. The lowest BCUT2D eigenvalue weighted by molar-refractivity contribution is 0.208. The standard InChI is InChI=1S/C18H31NO2/c1-6-10-19-16(13-20)9-11-21-17-8-7-15(12-14(17)2)18(3,4)5/h7-8,12,16,19-20H,6,9-11,13H2,1-5H3. The van der Waals surface area contributed by atoms with Crippen molar-refractivity contribution in [1.29, 1.82) is 0 Å². The molecule has 0 spiro atoms. The topological polar surface area (TPSA) is 41.5 Å². The maximum absolute atomic E-state index is 9.31. The van der Waals surface area contributed by atoms with E-state index in [2.05, 4.69) is 58.1 Å². The molecule has 120 valence electrons. The predicted molar refractivity (Wildman–Crippen MR) is 89.2 cm³/mol.